The summed E-state index contributed by atoms with van der Waals surface area (Å²) >= 11 is 5.82. The molecule has 2 aromatic carbocycles. The molecule has 8 nitrogen and oxygen atoms in total. The third-order valence-electron chi connectivity index (χ3n) is 3.65. The van der Waals surface area contributed by atoms with Crippen LogP contribution in [0, 0.1) is 10.1 Å². The van der Waals surface area contributed by atoms with Gasteiger partial charge in [0, 0.05) is 11.6 Å². The molecule has 0 bridgehead atoms. The maximum Gasteiger partial charge on any atom is 0.416 e. The predicted octanol–water partition coefficient (Wildman–Crippen LogP) is 4.32. The van der Waals surface area contributed by atoms with Crippen LogP contribution in [0.2, 0.25) is 5.02 Å². The first-order valence-corrected chi connectivity index (χ1v) is 8.43. The first kappa shape index (κ1) is 22.9. The normalized spacial score (nSPS) is 11.0. The van der Waals surface area contributed by atoms with Crippen molar-refractivity contribution in [3.63, 3.8) is 0 Å². The zero-order chi connectivity index (χ0) is 22.5. The first-order chi connectivity index (χ1) is 14.0. The van der Waals surface area contributed by atoms with Crippen molar-refractivity contribution in [2.75, 3.05) is 13.7 Å². The van der Waals surface area contributed by atoms with E-state index in [1.165, 1.54) is 6.07 Å². The molecule has 0 saturated carbocycles. The van der Waals surface area contributed by atoms with Gasteiger partial charge in [-0.25, -0.2) is 4.79 Å². The summed E-state index contributed by atoms with van der Waals surface area (Å²) in [5, 5.41) is 10.9. The summed E-state index contributed by atoms with van der Waals surface area (Å²) in [7, 11) is 1.09. The van der Waals surface area contributed by atoms with Crippen molar-refractivity contribution in [1.82, 2.24) is 0 Å². The number of esters is 2. The number of benzene rings is 2. The number of alkyl halides is 3. The number of hydrogen-bond donors (Lipinski definition) is 0. The zero-order valence-corrected chi connectivity index (χ0v) is 16.0. The molecule has 2 rings (SSSR count). The molecule has 0 aromatic heterocycles. The van der Waals surface area contributed by atoms with Crippen LogP contribution in [-0.2, 0) is 31.7 Å². The standard InChI is InChI=1S/C18H13ClF3NO7/c1-28-17(25)9-29-16(24)7-10-6-12(3-4-14(10)23(26)27)30-15-5-2-11(8-13(15)19)18(20,21)22/h2-6,8H,7,9H2,1H3. The lowest BCUT2D eigenvalue weighted by molar-refractivity contribution is -0.385. The molecule has 0 spiro atoms. The van der Waals surface area contributed by atoms with Crippen molar-refractivity contribution >= 4 is 29.2 Å². The molecule has 0 fully saturated rings. The van der Waals surface area contributed by atoms with Gasteiger partial charge in [0.25, 0.3) is 5.69 Å². The van der Waals surface area contributed by atoms with E-state index in [1.807, 2.05) is 0 Å². The molecule has 0 aliphatic rings. The second-order valence-electron chi connectivity index (χ2n) is 5.71. The van der Waals surface area contributed by atoms with Crippen LogP contribution < -0.4 is 4.74 Å². The fourth-order valence-corrected chi connectivity index (χ4v) is 2.46. The van der Waals surface area contributed by atoms with Gasteiger partial charge in [-0.1, -0.05) is 11.6 Å². The van der Waals surface area contributed by atoms with Gasteiger partial charge >= 0.3 is 18.1 Å². The van der Waals surface area contributed by atoms with Gasteiger partial charge in [-0.15, -0.1) is 0 Å². The molecule has 0 atom stereocenters. The largest absolute Gasteiger partial charge is 0.466 e. The molecule has 0 amide bonds. The number of ether oxygens (including phenoxy) is 3. The summed E-state index contributed by atoms with van der Waals surface area (Å²) in [5.41, 5.74) is -1.50. The number of methoxy groups -OCH3 is 1. The number of nitro groups is 1. The summed E-state index contributed by atoms with van der Waals surface area (Å²) < 4.78 is 52.5. The van der Waals surface area contributed by atoms with Gasteiger partial charge in [-0.2, -0.15) is 13.2 Å². The number of nitro benzene ring substituents is 1. The van der Waals surface area contributed by atoms with Gasteiger partial charge in [0.05, 0.1) is 29.0 Å². The van der Waals surface area contributed by atoms with Gasteiger partial charge in [0.15, 0.2) is 6.61 Å². The second kappa shape index (κ2) is 9.44. The number of hydrogen-bond acceptors (Lipinski definition) is 7. The van der Waals surface area contributed by atoms with E-state index in [4.69, 9.17) is 16.3 Å². The number of rotatable bonds is 7. The van der Waals surface area contributed by atoms with Crippen molar-refractivity contribution in [1.29, 1.82) is 0 Å². The van der Waals surface area contributed by atoms with Crippen molar-refractivity contribution in [3.05, 3.63) is 62.7 Å². The van der Waals surface area contributed by atoms with Gasteiger partial charge < -0.3 is 14.2 Å². The van der Waals surface area contributed by atoms with Crippen molar-refractivity contribution in [2.45, 2.75) is 12.6 Å². The number of carbonyl (C=O) groups excluding carboxylic acids is 2. The Kier molecular flexibility index (Phi) is 7.22. The Morgan fingerprint density at radius 2 is 1.83 bits per heavy atom. The lowest BCUT2D eigenvalue weighted by Crippen LogP contribution is -2.16. The Balaban J connectivity index is 2.24. The summed E-state index contributed by atoms with van der Waals surface area (Å²) in [5.74, 6) is -1.89. The fraction of sp³-hybridized carbons (Fsp3) is 0.222. The van der Waals surface area contributed by atoms with Gasteiger partial charge in [0.2, 0.25) is 0 Å². The minimum atomic E-state index is -4.59. The van der Waals surface area contributed by atoms with E-state index in [2.05, 4.69) is 9.47 Å². The van der Waals surface area contributed by atoms with Crippen LogP contribution in [0.5, 0.6) is 11.5 Å². The maximum absolute atomic E-state index is 12.7. The third-order valence-corrected chi connectivity index (χ3v) is 3.94. The van der Waals surface area contributed by atoms with Crippen LogP contribution in [0.3, 0.4) is 0 Å². The highest BCUT2D eigenvalue weighted by molar-refractivity contribution is 6.32. The molecule has 0 radical (unpaired) electrons. The molecule has 0 saturated heterocycles. The Morgan fingerprint density at radius 1 is 1.13 bits per heavy atom. The van der Waals surface area contributed by atoms with Crippen LogP contribution in [0.15, 0.2) is 36.4 Å². The Hall–Kier alpha value is -3.34. The molecular weight excluding hydrogens is 435 g/mol. The van der Waals surface area contributed by atoms with E-state index in [0.717, 1.165) is 31.4 Å². The topological polar surface area (TPSA) is 105 Å². The van der Waals surface area contributed by atoms with Crippen LogP contribution in [0.25, 0.3) is 0 Å². The highest BCUT2D eigenvalue weighted by atomic mass is 35.5. The van der Waals surface area contributed by atoms with Gasteiger partial charge in [-0.3, -0.25) is 14.9 Å². The monoisotopic (exact) mass is 447 g/mol. The Labute approximate surface area is 172 Å². The summed E-state index contributed by atoms with van der Waals surface area (Å²) in [6.45, 7) is -0.666. The summed E-state index contributed by atoms with van der Waals surface area (Å²) in [6.07, 6.45) is -5.15. The SMILES string of the molecule is COC(=O)COC(=O)Cc1cc(Oc2ccc(C(F)(F)F)cc2Cl)ccc1[N+](=O)[O-]. The number of carbonyl (C=O) groups is 2. The minimum absolute atomic E-state index is 0.0157. The average Bonchev–Trinajstić information content (AvgIpc) is 2.66. The molecular formula is C18H13ClF3NO7. The minimum Gasteiger partial charge on any atom is -0.466 e. The van der Waals surface area contributed by atoms with Crippen LogP contribution in [-0.4, -0.2) is 30.6 Å². The van der Waals surface area contributed by atoms with Crippen molar-refractivity contribution < 1.29 is 41.9 Å². The Bertz CT molecular complexity index is 979. The third kappa shape index (κ3) is 6.08. The molecule has 30 heavy (non-hydrogen) atoms. The summed E-state index contributed by atoms with van der Waals surface area (Å²) in [4.78, 5) is 33.3. The van der Waals surface area contributed by atoms with Crippen LogP contribution in [0.1, 0.15) is 11.1 Å². The molecule has 0 unspecified atom stereocenters. The smallest absolute Gasteiger partial charge is 0.416 e. The van der Waals surface area contributed by atoms with Crippen LogP contribution >= 0.6 is 11.6 Å². The van der Waals surface area contributed by atoms with Gasteiger partial charge in [0.1, 0.15) is 11.5 Å². The number of halogens is 4. The molecule has 160 valence electrons. The highest BCUT2D eigenvalue weighted by Crippen LogP contribution is 2.37. The van der Waals surface area contributed by atoms with E-state index in [9.17, 15) is 32.9 Å². The predicted molar refractivity (Wildman–Crippen MR) is 96.3 cm³/mol. The molecule has 12 heteroatoms. The lowest BCUT2D eigenvalue weighted by Gasteiger charge is -2.12. The Morgan fingerprint density at radius 3 is 2.40 bits per heavy atom. The molecule has 0 aliphatic carbocycles. The van der Waals surface area contributed by atoms with Gasteiger partial charge in [-0.05, 0) is 30.3 Å². The van der Waals surface area contributed by atoms with E-state index in [0.29, 0.717) is 6.07 Å². The lowest BCUT2D eigenvalue weighted by atomic mass is 10.1. The maximum atomic E-state index is 12.7. The molecule has 0 heterocycles. The molecule has 0 aliphatic heterocycles. The molecule has 2 aromatic rings. The quantitative estimate of drug-likeness (QED) is 0.353. The summed E-state index contributed by atoms with van der Waals surface area (Å²) in [6, 6.07) is 5.82. The van der Waals surface area contributed by atoms with E-state index < -0.39 is 47.3 Å². The number of nitrogens with zero attached hydrogens (tertiary/aromatic N) is 1. The fourth-order valence-electron chi connectivity index (χ4n) is 2.24. The average molecular weight is 448 g/mol. The van der Waals surface area contributed by atoms with E-state index >= 15 is 0 Å². The highest BCUT2D eigenvalue weighted by Gasteiger charge is 2.31. The van der Waals surface area contributed by atoms with Crippen molar-refractivity contribution in [3.8, 4) is 11.5 Å². The van der Waals surface area contributed by atoms with E-state index in [1.54, 1.807) is 0 Å². The second-order valence-corrected chi connectivity index (χ2v) is 6.11. The van der Waals surface area contributed by atoms with Crippen molar-refractivity contribution in [2.24, 2.45) is 0 Å². The molecule has 0 N–H and O–H groups in total. The van der Waals surface area contributed by atoms with Crippen LogP contribution in [0.4, 0.5) is 18.9 Å². The first-order valence-electron chi connectivity index (χ1n) is 8.05. The van der Waals surface area contributed by atoms with E-state index in [-0.39, 0.29) is 22.1 Å². The zero-order valence-electron chi connectivity index (χ0n) is 15.2.